The summed E-state index contributed by atoms with van der Waals surface area (Å²) in [7, 11) is 0. The first kappa shape index (κ1) is 13.2. The van der Waals surface area contributed by atoms with Gasteiger partial charge in [-0.1, -0.05) is 27.9 Å². The van der Waals surface area contributed by atoms with E-state index in [1.807, 2.05) is 33.9 Å². The van der Waals surface area contributed by atoms with Crippen molar-refractivity contribution >= 4 is 44.8 Å². The van der Waals surface area contributed by atoms with E-state index in [0.717, 1.165) is 11.4 Å². The second kappa shape index (κ2) is 5.38. The summed E-state index contributed by atoms with van der Waals surface area (Å²) in [5.41, 5.74) is 2.01. The van der Waals surface area contributed by atoms with E-state index in [0.29, 0.717) is 11.9 Å². The third kappa shape index (κ3) is 2.03. The third-order valence-electron chi connectivity index (χ3n) is 3.36. The van der Waals surface area contributed by atoms with Gasteiger partial charge in [-0.05, 0) is 24.3 Å². The van der Waals surface area contributed by atoms with E-state index in [-0.39, 0.29) is 5.81 Å². The predicted molar refractivity (Wildman–Crippen MR) is 89.5 cm³/mol. The molecule has 0 N–H and O–H groups in total. The topological polar surface area (TPSA) is 58.0 Å². The molecule has 0 fully saturated rings. The van der Waals surface area contributed by atoms with Crippen molar-refractivity contribution in [1.29, 1.82) is 0 Å². The van der Waals surface area contributed by atoms with Gasteiger partial charge >= 0.3 is 5.81 Å². The van der Waals surface area contributed by atoms with Crippen LogP contribution in [0.15, 0.2) is 61.2 Å². The Kier molecular flexibility index (Phi) is 3.23. The van der Waals surface area contributed by atoms with Crippen LogP contribution in [0.2, 0.25) is 0 Å². The maximum absolute atomic E-state index is 4.36. The Bertz CT molecular complexity index is 721. The highest BCUT2D eigenvalue weighted by Gasteiger charge is 2.42. The third-order valence-corrected chi connectivity index (χ3v) is 4.18. The number of fused-ring (bicyclic) bond motifs is 1. The summed E-state index contributed by atoms with van der Waals surface area (Å²) in [6.07, 6.45) is 6.91. The first-order valence-corrected chi connectivity index (χ1v) is 7.63. The Morgan fingerprint density at radius 2 is 1.09 bits per heavy atom. The van der Waals surface area contributed by atoms with Crippen LogP contribution >= 0.6 is 15.8 Å². The lowest BCUT2D eigenvalue weighted by Gasteiger charge is -2.21. The fourth-order valence-corrected chi connectivity index (χ4v) is 3.26. The van der Waals surface area contributed by atoms with Crippen LogP contribution in [0.25, 0.3) is 0 Å². The molecule has 0 aliphatic carbocycles. The molecule has 0 atom stereocenters. The van der Waals surface area contributed by atoms with Gasteiger partial charge in [0.2, 0.25) is 11.9 Å². The zero-order valence-electron chi connectivity index (χ0n) is 11.4. The molecule has 3 heterocycles. The van der Waals surface area contributed by atoms with Gasteiger partial charge < -0.3 is 9.62 Å². The Morgan fingerprint density at radius 1 is 0.682 bits per heavy atom. The molecule has 6 nitrogen and oxygen atoms in total. The van der Waals surface area contributed by atoms with E-state index < -0.39 is 0 Å². The molecular formula is C14H10BBrN6. The van der Waals surface area contributed by atoms with Gasteiger partial charge in [-0.25, -0.2) is 19.9 Å². The number of hydrogen-bond acceptors (Lipinski definition) is 6. The average molecular weight is 353 g/mol. The fourth-order valence-electron chi connectivity index (χ4n) is 2.45. The number of nitrogens with zero attached hydrogens (tertiary/aromatic N) is 6. The lowest BCUT2D eigenvalue weighted by molar-refractivity contribution is 1.11. The number of para-hydroxylation sites is 2. The van der Waals surface area contributed by atoms with E-state index >= 15 is 0 Å². The van der Waals surface area contributed by atoms with Gasteiger partial charge in [-0.15, -0.1) is 0 Å². The number of hydrogen-bond donors (Lipinski definition) is 0. The van der Waals surface area contributed by atoms with Gasteiger partial charge in [0.25, 0.3) is 0 Å². The van der Waals surface area contributed by atoms with Gasteiger partial charge in [0, 0.05) is 24.8 Å². The molecule has 0 unspecified atom stereocenters. The van der Waals surface area contributed by atoms with Crippen LogP contribution in [0, 0.1) is 0 Å². The van der Waals surface area contributed by atoms with Crippen molar-refractivity contribution in [2.75, 3.05) is 9.62 Å². The zero-order valence-corrected chi connectivity index (χ0v) is 13.0. The number of anilines is 4. The molecule has 0 saturated carbocycles. The molecule has 0 amide bonds. The minimum Gasteiger partial charge on any atom is -0.322 e. The molecule has 4 rings (SSSR count). The van der Waals surface area contributed by atoms with Crippen molar-refractivity contribution in [2.45, 2.75) is 0 Å². The maximum atomic E-state index is 4.36. The van der Waals surface area contributed by atoms with Crippen LogP contribution in [0.4, 0.5) is 23.3 Å². The summed E-state index contributed by atoms with van der Waals surface area (Å²) >= 11 is 3.72. The molecule has 0 saturated heterocycles. The molecule has 8 heteroatoms. The smallest absolute Gasteiger partial charge is 0.322 e. The SMILES string of the molecule is BrB1N(c2ncccn2)c2ccccc2N1c1ncccn1. The van der Waals surface area contributed by atoms with Gasteiger partial charge in [0.1, 0.15) is 0 Å². The predicted octanol–water partition coefficient (Wildman–Crippen LogP) is 2.94. The Labute approximate surface area is 136 Å². The lowest BCUT2D eigenvalue weighted by atomic mass is 10.1. The summed E-state index contributed by atoms with van der Waals surface area (Å²) in [4.78, 5) is 21.4. The van der Waals surface area contributed by atoms with E-state index in [4.69, 9.17) is 0 Å². The van der Waals surface area contributed by atoms with Crippen LogP contribution in [0.1, 0.15) is 0 Å². The zero-order chi connectivity index (χ0) is 14.9. The van der Waals surface area contributed by atoms with E-state index in [1.165, 1.54) is 0 Å². The molecule has 1 aliphatic heterocycles. The molecule has 3 aromatic rings. The summed E-state index contributed by atoms with van der Waals surface area (Å²) in [5, 5.41) is 0. The second-order valence-electron chi connectivity index (χ2n) is 4.64. The number of benzene rings is 1. The summed E-state index contributed by atoms with van der Waals surface area (Å²) in [5.74, 6) is 1.04. The first-order chi connectivity index (χ1) is 10.9. The molecule has 0 bridgehead atoms. The molecule has 106 valence electrons. The van der Waals surface area contributed by atoms with E-state index in [1.54, 1.807) is 36.9 Å². The van der Waals surface area contributed by atoms with E-state index in [2.05, 4.69) is 35.7 Å². The van der Waals surface area contributed by atoms with Crippen LogP contribution in [0.3, 0.4) is 0 Å². The summed E-state index contributed by atoms with van der Waals surface area (Å²) in [6.45, 7) is 0. The van der Waals surface area contributed by atoms with Crippen LogP contribution < -0.4 is 9.62 Å². The number of aromatic nitrogens is 4. The number of halogens is 1. The fraction of sp³-hybridized carbons (Fsp3) is 0. The molecular weight excluding hydrogens is 343 g/mol. The molecule has 22 heavy (non-hydrogen) atoms. The highest BCUT2D eigenvalue weighted by atomic mass is 79.9. The summed E-state index contributed by atoms with van der Waals surface area (Å²) < 4.78 is 0. The normalized spacial score (nSPS) is 13.4. The monoisotopic (exact) mass is 352 g/mol. The largest absolute Gasteiger partial charge is 0.470 e. The molecule has 0 radical (unpaired) electrons. The number of rotatable bonds is 2. The quantitative estimate of drug-likeness (QED) is 0.661. The average Bonchev–Trinajstić information content (AvgIpc) is 2.88. The highest BCUT2D eigenvalue weighted by molar-refractivity contribution is 9.24. The maximum Gasteiger partial charge on any atom is 0.470 e. The Hall–Kier alpha value is -2.48. The van der Waals surface area contributed by atoms with Crippen LogP contribution in [0.5, 0.6) is 0 Å². The standard InChI is InChI=1S/C14H10BBrN6/c16-15-21(13-17-7-3-8-18-13)11-5-1-2-6-12(11)22(15)14-19-9-4-10-20-14/h1-10H. The van der Waals surface area contributed by atoms with Crippen molar-refractivity contribution in [3.05, 3.63) is 61.2 Å². The molecule has 1 aromatic carbocycles. The van der Waals surface area contributed by atoms with Crippen molar-refractivity contribution in [3.8, 4) is 0 Å². The van der Waals surface area contributed by atoms with Gasteiger partial charge in [-0.2, -0.15) is 0 Å². The van der Waals surface area contributed by atoms with E-state index in [9.17, 15) is 0 Å². The Morgan fingerprint density at radius 3 is 1.50 bits per heavy atom. The molecule has 0 spiro atoms. The van der Waals surface area contributed by atoms with Crippen molar-refractivity contribution in [1.82, 2.24) is 19.9 Å². The van der Waals surface area contributed by atoms with Gasteiger partial charge in [-0.3, -0.25) is 0 Å². The van der Waals surface area contributed by atoms with Crippen molar-refractivity contribution in [3.63, 3.8) is 0 Å². The molecule has 2 aromatic heterocycles. The second-order valence-corrected chi connectivity index (χ2v) is 5.46. The molecule has 1 aliphatic rings. The van der Waals surface area contributed by atoms with Crippen molar-refractivity contribution in [2.24, 2.45) is 0 Å². The minimum absolute atomic E-state index is 0.199. The van der Waals surface area contributed by atoms with Crippen LogP contribution in [-0.4, -0.2) is 25.7 Å². The van der Waals surface area contributed by atoms with Gasteiger partial charge in [0.05, 0.1) is 11.4 Å². The van der Waals surface area contributed by atoms with Crippen LogP contribution in [-0.2, 0) is 0 Å². The highest BCUT2D eigenvalue weighted by Crippen LogP contribution is 2.45. The lowest BCUT2D eigenvalue weighted by Crippen LogP contribution is -2.39. The first-order valence-electron chi connectivity index (χ1n) is 6.72. The minimum atomic E-state index is -0.199. The Balaban J connectivity index is 1.87. The van der Waals surface area contributed by atoms with Crippen molar-refractivity contribution < 1.29 is 0 Å². The summed E-state index contributed by atoms with van der Waals surface area (Å²) in [6, 6.07) is 11.6. The van der Waals surface area contributed by atoms with Gasteiger partial charge in [0.15, 0.2) is 0 Å².